The molecule has 0 fully saturated rings. The summed E-state index contributed by atoms with van der Waals surface area (Å²) in [6, 6.07) is 6.09. The number of carboxylic acid groups (broad SMARTS) is 1. The average molecular weight is 1200 g/mol. The Hall–Kier alpha value is -9.22. The molecule has 0 radical (unpaired) electrons. The van der Waals surface area contributed by atoms with Gasteiger partial charge in [0.1, 0.15) is 42.3 Å². The number of para-hydroxylation sites is 1. The van der Waals surface area contributed by atoms with E-state index in [1.54, 1.807) is 33.9 Å². The number of hydrogen-bond donors (Lipinski definition) is 18. The van der Waals surface area contributed by atoms with Gasteiger partial charge in [-0.3, -0.25) is 53.5 Å². The summed E-state index contributed by atoms with van der Waals surface area (Å²) in [4.78, 5) is 132. The Balaban J connectivity index is 1.98. The molecule has 86 heavy (non-hydrogen) atoms. The molecule has 0 unspecified atom stereocenters. The number of aromatic nitrogens is 1. The zero-order valence-electron chi connectivity index (χ0n) is 49.6. The SMILES string of the molecule is CC[C@H](C)[C@H](NC(=O)[C@H](CCCN=C(N)N)NC(=O)[C@@H](NC(=O)[C@H](CCCN=C(N)N)NC(=O)[C@H](Cc1c[nH]c2ccccc12)NC(=O)[C@@H](N)Cc1ccccc1)[C@@H](C)CC)C(=O)N[C@@H](CCCN=C(N)N)C(=O)N[C@@H](CCCN=C(N)N)C(=O)O. The van der Waals surface area contributed by atoms with Crippen molar-refractivity contribution in [1.29, 1.82) is 0 Å². The molecule has 1 aromatic heterocycles. The molecule has 1 heterocycles. The topological polar surface area (TPSA) is 540 Å². The van der Waals surface area contributed by atoms with Gasteiger partial charge in [-0.25, -0.2) is 4.79 Å². The molecule has 0 bridgehead atoms. The zero-order valence-corrected chi connectivity index (χ0v) is 49.6. The van der Waals surface area contributed by atoms with E-state index in [2.05, 4.69) is 62.2 Å². The highest BCUT2D eigenvalue weighted by atomic mass is 16.4. The van der Waals surface area contributed by atoms with Crippen LogP contribution in [0.3, 0.4) is 0 Å². The summed E-state index contributed by atoms with van der Waals surface area (Å²) in [5.41, 5.74) is 52.9. The van der Waals surface area contributed by atoms with E-state index in [0.29, 0.717) is 18.4 Å². The number of fused-ring (bicyclic) bond motifs is 1. The molecule has 3 aromatic rings. The highest BCUT2D eigenvalue weighted by molar-refractivity contribution is 5.98. The van der Waals surface area contributed by atoms with Gasteiger partial charge in [0.2, 0.25) is 41.4 Å². The van der Waals surface area contributed by atoms with Crippen molar-refractivity contribution in [2.45, 2.75) is 153 Å². The number of carbonyl (C=O) groups is 8. The molecule has 30 heteroatoms. The summed E-state index contributed by atoms with van der Waals surface area (Å²) in [5.74, 6) is -8.78. The molecule has 10 atom stereocenters. The molecule has 0 spiro atoms. The first-order valence-electron chi connectivity index (χ1n) is 28.8. The number of amides is 7. The quantitative estimate of drug-likeness (QED) is 0.0154. The highest BCUT2D eigenvalue weighted by Gasteiger charge is 2.37. The molecule has 474 valence electrons. The minimum absolute atomic E-state index is 0.0143. The van der Waals surface area contributed by atoms with E-state index in [9.17, 15) is 43.5 Å². The average Bonchev–Trinajstić information content (AvgIpc) is 2.62. The van der Waals surface area contributed by atoms with Gasteiger partial charge in [0.05, 0.1) is 6.04 Å². The molecule has 3 rings (SSSR count). The molecule has 2 aromatic carbocycles. The van der Waals surface area contributed by atoms with Crippen LogP contribution in [0.5, 0.6) is 0 Å². The van der Waals surface area contributed by atoms with Crippen LogP contribution in [0.15, 0.2) is 80.8 Å². The minimum atomic E-state index is -1.39. The van der Waals surface area contributed by atoms with Crippen molar-refractivity contribution in [3.63, 3.8) is 0 Å². The summed E-state index contributed by atoms with van der Waals surface area (Å²) in [6.45, 7) is 7.18. The van der Waals surface area contributed by atoms with Crippen LogP contribution in [0, 0.1) is 11.8 Å². The van der Waals surface area contributed by atoms with Crippen LogP contribution in [-0.4, -0.2) is 156 Å². The number of carbonyl (C=O) groups excluding carboxylic acids is 7. The second-order valence-corrected chi connectivity index (χ2v) is 21.0. The van der Waals surface area contributed by atoms with Crippen LogP contribution < -0.4 is 88.8 Å². The second kappa shape index (κ2) is 37.2. The lowest BCUT2D eigenvalue weighted by atomic mass is 9.95. The summed E-state index contributed by atoms with van der Waals surface area (Å²) in [5, 5.41) is 29.8. The Kier molecular flexibility index (Phi) is 30.7. The van der Waals surface area contributed by atoms with Crippen LogP contribution in [0.2, 0.25) is 0 Å². The molecule has 0 aliphatic rings. The van der Waals surface area contributed by atoms with Crippen molar-refractivity contribution in [2.24, 2.45) is 83.4 Å². The monoisotopic (exact) mass is 1200 g/mol. The number of nitrogens with two attached hydrogens (primary N) is 9. The lowest BCUT2D eigenvalue weighted by Crippen LogP contribution is -2.61. The summed E-state index contributed by atoms with van der Waals surface area (Å²) < 4.78 is 0. The second-order valence-electron chi connectivity index (χ2n) is 21.0. The molecule has 0 saturated heterocycles. The van der Waals surface area contributed by atoms with E-state index in [-0.39, 0.29) is 114 Å². The fourth-order valence-electron chi connectivity index (χ4n) is 9.03. The lowest BCUT2D eigenvalue weighted by Gasteiger charge is -2.31. The number of aromatic amines is 1. The zero-order chi connectivity index (χ0) is 63.9. The van der Waals surface area contributed by atoms with Gasteiger partial charge in [0.25, 0.3) is 0 Å². The molecule has 7 amide bonds. The van der Waals surface area contributed by atoms with Crippen LogP contribution in [0.4, 0.5) is 0 Å². The van der Waals surface area contributed by atoms with Crippen molar-refractivity contribution in [2.75, 3.05) is 26.2 Å². The van der Waals surface area contributed by atoms with Crippen LogP contribution in [-0.2, 0) is 51.2 Å². The van der Waals surface area contributed by atoms with Gasteiger partial charge < -0.3 is 98.9 Å². The number of aliphatic carboxylic acids is 1. The summed E-state index contributed by atoms with van der Waals surface area (Å²) in [7, 11) is 0. The van der Waals surface area contributed by atoms with Crippen molar-refractivity contribution in [1.82, 2.24) is 42.2 Å². The largest absolute Gasteiger partial charge is 0.480 e. The van der Waals surface area contributed by atoms with Crippen molar-refractivity contribution >= 4 is 82.1 Å². The first-order chi connectivity index (χ1) is 40.8. The Bertz CT molecular complexity index is 2810. The Morgan fingerprint density at radius 2 is 0.826 bits per heavy atom. The summed E-state index contributed by atoms with van der Waals surface area (Å²) >= 11 is 0. The number of benzene rings is 2. The Morgan fingerprint density at radius 3 is 1.24 bits per heavy atom. The highest BCUT2D eigenvalue weighted by Crippen LogP contribution is 2.20. The number of aliphatic imine (C=N–C) groups is 4. The number of guanidine groups is 4. The third-order valence-corrected chi connectivity index (χ3v) is 14.2. The number of hydrogen-bond acceptors (Lipinski definition) is 13. The van der Waals surface area contributed by atoms with Gasteiger partial charge in [-0.1, -0.05) is 89.1 Å². The van der Waals surface area contributed by atoms with Gasteiger partial charge in [0.15, 0.2) is 23.8 Å². The smallest absolute Gasteiger partial charge is 0.326 e. The van der Waals surface area contributed by atoms with Gasteiger partial charge in [-0.2, -0.15) is 0 Å². The fourth-order valence-corrected chi connectivity index (χ4v) is 9.03. The number of nitrogens with zero attached hydrogens (tertiary/aromatic N) is 4. The van der Waals surface area contributed by atoms with E-state index < -0.39 is 107 Å². The van der Waals surface area contributed by atoms with Crippen molar-refractivity contribution in [3.05, 3.63) is 71.9 Å². The molecular formula is C56H91N21O9. The molecular weight excluding hydrogens is 1110 g/mol. The number of carboxylic acids is 1. The normalized spacial score (nSPS) is 14.5. The maximum atomic E-state index is 14.7. The predicted octanol–water partition coefficient (Wildman–Crippen LogP) is -2.93. The maximum Gasteiger partial charge on any atom is 0.326 e. The third-order valence-electron chi connectivity index (χ3n) is 14.2. The Labute approximate surface area is 500 Å². The standard InChI is InChI=1S/C56H91N21O9/c1-5-31(3)43(50(83)72-38(20-12-24-66-53(58)59)46(79)74-41(52(85)86)23-15-27-69-56(64)65)77-48(81)40(22-14-26-68-55(62)63)73-51(84)44(32(4)6-2)76-47(80)39(21-13-25-67-54(60)61)71-49(82)42(29-34-30-70-37-19-11-10-18-35(34)37)75-45(78)36(57)28-33-16-8-7-9-17-33/h7-11,16-19,30-32,36,38-44,70H,5-6,12-15,20-29,57H2,1-4H3,(H,71,82)(H,72,83)(H,73,84)(H,74,79)(H,75,78)(H,76,80)(H,77,81)(H,85,86)(H4,58,59,66)(H4,60,61,67)(H4,62,63,68)(H4,64,65,69)/t31-,32-,36-,38-,39-,40-,41-,42-,43-,44-/m0/s1. The molecule has 0 saturated carbocycles. The van der Waals surface area contributed by atoms with E-state index in [1.807, 2.05) is 54.6 Å². The fraction of sp³-hybridized carbons (Fsp3) is 0.536. The maximum absolute atomic E-state index is 14.7. The lowest BCUT2D eigenvalue weighted by molar-refractivity contribution is -0.142. The molecule has 27 N–H and O–H groups in total. The van der Waals surface area contributed by atoms with E-state index in [4.69, 9.17) is 51.6 Å². The van der Waals surface area contributed by atoms with E-state index >= 15 is 0 Å². The predicted molar refractivity (Wildman–Crippen MR) is 330 cm³/mol. The molecule has 0 aliphatic carbocycles. The number of rotatable bonds is 39. The van der Waals surface area contributed by atoms with Gasteiger partial charge in [-0.15, -0.1) is 0 Å². The van der Waals surface area contributed by atoms with Crippen LogP contribution >= 0.6 is 0 Å². The number of H-pyrrole nitrogens is 1. The molecule has 30 nitrogen and oxygen atoms in total. The van der Waals surface area contributed by atoms with E-state index in [0.717, 1.165) is 16.5 Å². The third kappa shape index (κ3) is 25.3. The van der Waals surface area contributed by atoms with Crippen LogP contribution in [0.1, 0.15) is 103 Å². The van der Waals surface area contributed by atoms with E-state index in [1.165, 1.54) is 0 Å². The first kappa shape index (κ1) is 71.0. The van der Waals surface area contributed by atoms with Gasteiger partial charge in [-0.05, 0) is 86.8 Å². The van der Waals surface area contributed by atoms with Crippen molar-refractivity contribution < 1.29 is 43.5 Å². The van der Waals surface area contributed by atoms with Crippen LogP contribution in [0.25, 0.3) is 10.9 Å². The molecule has 0 aliphatic heterocycles. The first-order valence-corrected chi connectivity index (χ1v) is 28.8. The van der Waals surface area contributed by atoms with Gasteiger partial charge in [0, 0.05) is 49.7 Å². The van der Waals surface area contributed by atoms with Gasteiger partial charge >= 0.3 is 5.97 Å². The minimum Gasteiger partial charge on any atom is -0.480 e. The summed E-state index contributed by atoms with van der Waals surface area (Å²) in [6.07, 6.45) is 2.98. The van der Waals surface area contributed by atoms with Crippen molar-refractivity contribution in [3.8, 4) is 0 Å². The Morgan fingerprint density at radius 1 is 0.465 bits per heavy atom. The number of nitrogens with one attached hydrogen (secondary N) is 8.